The minimum atomic E-state index is 0.702. The van der Waals surface area contributed by atoms with Crippen molar-refractivity contribution in [3.8, 4) is 0 Å². The van der Waals surface area contributed by atoms with Crippen molar-refractivity contribution in [2.75, 3.05) is 12.3 Å². The van der Waals surface area contributed by atoms with Gasteiger partial charge in [-0.3, -0.25) is 0 Å². The third-order valence-electron chi connectivity index (χ3n) is 2.48. The summed E-state index contributed by atoms with van der Waals surface area (Å²) in [4.78, 5) is 7.71. The molecule has 2 aromatic heterocycles. The number of hydrogen-bond donors (Lipinski definition) is 2. The van der Waals surface area contributed by atoms with Crippen LogP contribution in [0.3, 0.4) is 0 Å². The summed E-state index contributed by atoms with van der Waals surface area (Å²) in [5, 5.41) is 10.1. The molecule has 0 aliphatic rings. The van der Waals surface area contributed by atoms with Crippen LogP contribution in [-0.2, 0) is 0 Å². The average Bonchev–Trinajstić information content (AvgIpc) is 2.74. The third-order valence-corrected chi connectivity index (χ3v) is 3.40. The minimum Gasteiger partial charge on any atom is -0.357 e. The van der Waals surface area contributed by atoms with Crippen molar-refractivity contribution in [1.82, 2.24) is 20.2 Å². The highest BCUT2D eigenvalue weighted by Gasteiger charge is 2.08. The number of benzene rings is 1. The number of thioether (sulfide) groups is 1. The molecule has 5 nitrogen and oxygen atoms in total. The van der Waals surface area contributed by atoms with Gasteiger partial charge in [-0.1, -0.05) is 30.0 Å². The fraction of sp³-hybridized carbons (Fsp3) is 0.182. The van der Waals surface area contributed by atoms with Crippen LogP contribution in [0.1, 0.15) is 0 Å². The normalized spacial score (nSPS) is 11.4. The molecule has 0 atom stereocenters. The van der Waals surface area contributed by atoms with Crippen LogP contribution in [0.5, 0.6) is 0 Å². The molecule has 0 aliphatic heterocycles. The Morgan fingerprint density at radius 1 is 1.24 bits per heavy atom. The Balaban J connectivity index is 2.13. The maximum atomic E-state index is 4.46. The summed E-state index contributed by atoms with van der Waals surface area (Å²) in [6.45, 7) is 0.860. The summed E-state index contributed by atoms with van der Waals surface area (Å²) in [6.07, 6.45) is 0. The van der Waals surface area contributed by atoms with E-state index in [0.717, 1.165) is 34.4 Å². The molecule has 0 aliphatic carbocycles. The molecule has 0 amide bonds. The number of quaternary nitrogens is 1. The van der Waals surface area contributed by atoms with Gasteiger partial charge in [-0.25, -0.2) is 4.98 Å². The number of hydrogen-bond acceptors (Lipinski definition) is 4. The van der Waals surface area contributed by atoms with Gasteiger partial charge in [-0.2, -0.15) is 0 Å². The Morgan fingerprint density at radius 2 is 2.12 bits per heavy atom. The Morgan fingerprint density at radius 3 is 3.00 bits per heavy atom. The number of H-pyrrole nitrogens is 1. The highest BCUT2D eigenvalue weighted by Crippen LogP contribution is 2.22. The Kier molecular flexibility index (Phi) is 2.66. The van der Waals surface area contributed by atoms with Crippen molar-refractivity contribution in [3.63, 3.8) is 0 Å². The zero-order chi connectivity index (χ0) is 11.7. The summed E-state index contributed by atoms with van der Waals surface area (Å²) in [5.74, 6) is 0.910. The SMILES string of the molecule is [NH3+]CCSc1nnc2c(n1)[nH]c1ccccc12. The maximum absolute atomic E-state index is 4.46. The molecule has 0 fully saturated rings. The van der Waals surface area contributed by atoms with E-state index in [1.54, 1.807) is 11.8 Å². The highest BCUT2D eigenvalue weighted by molar-refractivity contribution is 7.99. The van der Waals surface area contributed by atoms with E-state index in [4.69, 9.17) is 0 Å². The average molecular weight is 246 g/mol. The molecular weight excluding hydrogens is 234 g/mol. The fourth-order valence-corrected chi connectivity index (χ4v) is 2.31. The smallest absolute Gasteiger partial charge is 0.211 e. The van der Waals surface area contributed by atoms with E-state index in [-0.39, 0.29) is 0 Å². The highest BCUT2D eigenvalue weighted by atomic mass is 32.2. The number of aromatic nitrogens is 4. The summed E-state index contributed by atoms with van der Waals surface area (Å²) in [5.41, 5.74) is 6.47. The predicted octanol–water partition coefficient (Wildman–Crippen LogP) is 0.840. The molecule has 0 unspecified atom stereocenters. The second-order valence-electron chi connectivity index (χ2n) is 3.66. The number of nitrogens with one attached hydrogen (secondary N) is 1. The Bertz CT molecular complexity index is 663. The van der Waals surface area contributed by atoms with Gasteiger partial charge in [0.05, 0.1) is 12.3 Å². The van der Waals surface area contributed by atoms with Crippen LogP contribution < -0.4 is 5.73 Å². The standard InChI is InChI=1S/C11H11N5S/c12-5-6-17-11-14-10-9(15-16-11)7-3-1-2-4-8(7)13-10/h1-4H,5-6,12H2,(H,13,14,16)/p+1. The van der Waals surface area contributed by atoms with Crippen LogP contribution in [0.25, 0.3) is 22.1 Å². The van der Waals surface area contributed by atoms with Gasteiger partial charge in [0, 0.05) is 10.9 Å². The van der Waals surface area contributed by atoms with Gasteiger partial charge in [0.25, 0.3) is 0 Å². The van der Waals surface area contributed by atoms with Crippen LogP contribution >= 0.6 is 11.8 Å². The zero-order valence-corrected chi connectivity index (χ0v) is 10.00. The lowest BCUT2D eigenvalue weighted by Gasteiger charge is -1.95. The summed E-state index contributed by atoms with van der Waals surface area (Å²) < 4.78 is 0. The van der Waals surface area contributed by atoms with Crippen LogP contribution in [0.4, 0.5) is 0 Å². The lowest BCUT2D eigenvalue weighted by atomic mass is 10.2. The number of rotatable bonds is 3. The van der Waals surface area contributed by atoms with Gasteiger partial charge in [0.15, 0.2) is 5.65 Å². The van der Waals surface area contributed by atoms with E-state index in [1.165, 1.54) is 0 Å². The lowest BCUT2D eigenvalue weighted by Crippen LogP contribution is -2.51. The molecule has 3 rings (SSSR count). The van der Waals surface area contributed by atoms with E-state index in [1.807, 2.05) is 24.3 Å². The van der Waals surface area contributed by atoms with Crippen LogP contribution in [0.2, 0.25) is 0 Å². The van der Waals surface area contributed by atoms with Gasteiger partial charge in [0.2, 0.25) is 5.16 Å². The molecule has 1 aromatic carbocycles. The van der Waals surface area contributed by atoms with Crippen molar-refractivity contribution >= 4 is 33.8 Å². The Hall–Kier alpha value is -1.66. The van der Waals surface area contributed by atoms with E-state index >= 15 is 0 Å². The van der Waals surface area contributed by atoms with Crippen molar-refractivity contribution in [1.29, 1.82) is 0 Å². The fourth-order valence-electron chi connectivity index (χ4n) is 1.73. The first-order valence-electron chi connectivity index (χ1n) is 5.41. The number of para-hydroxylation sites is 1. The summed E-state index contributed by atoms with van der Waals surface area (Å²) in [6, 6.07) is 8.01. The molecule has 6 heteroatoms. The molecule has 17 heavy (non-hydrogen) atoms. The van der Waals surface area contributed by atoms with Gasteiger partial charge in [-0.05, 0) is 6.07 Å². The third kappa shape index (κ3) is 1.85. The largest absolute Gasteiger partial charge is 0.357 e. The predicted molar refractivity (Wildman–Crippen MR) is 67.7 cm³/mol. The van der Waals surface area contributed by atoms with E-state index in [0.29, 0.717) is 5.16 Å². The quantitative estimate of drug-likeness (QED) is 0.671. The van der Waals surface area contributed by atoms with Crippen LogP contribution in [-0.4, -0.2) is 32.5 Å². The monoisotopic (exact) mass is 246 g/mol. The van der Waals surface area contributed by atoms with Gasteiger partial charge < -0.3 is 10.7 Å². The molecule has 0 spiro atoms. The first-order chi connectivity index (χ1) is 8.38. The Labute approximate surface area is 102 Å². The van der Waals surface area contributed by atoms with Crippen molar-refractivity contribution in [2.24, 2.45) is 0 Å². The van der Waals surface area contributed by atoms with Crippen molar-refractivity contribution in [2.45, 2.75) is 5.16 Å². The second kappa shape index (κ2) is 4.31. The molecule has 0 saturated heterocycles. The molecule has 0 radical (unpaired) electrons. The molecule has 4 N–H and O–H groups in total. The lowest BCUT2D eigenvalue weighted by molar-refractivity contribution is -0.360. The van der Waals surface area contributed by atoms with Crippen LogP contribution in [0, 0.1) is 0 Å². The number of aromatic amines is 1. The topological polar surface area (TPSA) is 82.1 Å². The van der Waals surface area contributed by atoms with Gasteiger partial charge in [-0.15, -0.1) is 10.2 Å². The molecule has 0 bridgehead atoms. The molecule has 0 saturated carbocycles. The summed E-state index contributed by atoms with van der Waals surface area (Å²) in [7, 11) is 0. The van der Waals surface area contributed by atoms with Gasteiger partial charge in [0.1, 0.15) is 5.52 Å². The summed E-state index contributed by atoms with van der Waals surface area (Å²) >= 11 is 1.58. The molecule has 2 heterocycles. The van der Waals surface area contributed by atoms with E-state index in [9.17, 15) is 0 Å². The van der Waals surface area contributed by atoms with Gasteiger partial charge >= 0.3 is 0 Å². The number of fused-ring (bicyclic) bond motifs is 3. The molecule has 86 valence electrons. The second-order valence-corrected chi connectivity index (χ2v) is 4.73. The minimum absolute atomic E-state index is 0.702. The van der Waals surface area contributed by atoms with Crippen molar-refractivity contribution in [3.05, 3.63) is 24.3 Å². The maximum Gasteiger partial charge on any atom is 0.211 e. The molecule has 3 aromatic rings. The van der Waals surface area contributed by atoms with E-state index < -0.39 is 0 Å². The van der Waals surface area contributed by atoms with E-state index in [2.05, 4.69) is 25.9 Å². The molecular formula is C11H12N5S+. The number of nitrogens with zero attached hydrogens (tertiary/aromatic N) is 3. The first-order valence-corrected chi connectivity index (χ1v) is 6.40. The van der Waals surface area contributed by atoms with Crippen molar-refractivity contribution < 1.29 is 5.73 Å². The first kappa shape index (κ1) is 10.5. The van der Waals surface area contributed by atoms with Crippen LogP contribution in [0.15, 0.2) is 29.4 Å². The zero-order valence-electron chi connectivity index (χ0n) is 9.18.